The van der Waals surface area contributed by atoms with Crippen LogP contribution in [0, 0.1) is 0 Å². The first-order valence-electron chi connectivity index (χ1n) is 5.44. The zero-order valence-electron chi connectivity index (χ0n) is 8.55. The SMILES string of the molecule is Clc1cccc2c1C1(CCCNC1)OC2. The second-order valence-electron chi connectivity index (χ2n) is 4.34. The van der Waals surface area contributed by atoms with Gasteiger partial charge in [0.25, 0.3) is 0 Å². The Hall–Kier alpha value is -0.570. The maximum atomic E-state index is 6.28. The molecule has 1 aromatic rings. The van der Waals surface area contributed by atoms with Gasteiger partial charge in [0.05, 0.1) is 6.61 Å². The molecule has 0 bridgehead atoms. The summed E-state index contributed by atoms with van der Waals surface area (Å²) in [6.07, 6.45) is 2.24. The van der Waals surface area contributed by atoms with Crippen molar-refractivity contribution in [1.82, 2.24) is 5.32 Å². The monoisotopic (exact) mass is 223 g/mol. The summed E-state index contributed by atoms with van der Waals surface area (Å²) in [6, 6.07) is 6.08. The van der Waals surface area contributed by atoms with Crippen molar-refractivity contribution < 1.29 is 4.74 Å². The Morgan fingerprint density at radius 2 is 2.33 bits per heavy atom. The molecular weight excluding hydrogens is 210 g/mol. The molecule has 1 unspecified atom stereocenters. The first-order valence-corrected chi connectivity index (χ1v) is 5.82. The van der Waals surface area contributed by atoms with Crippen LogP contribution in [0.15, 0.2) is 18.2 Å². The van der Waals surface area contributed by atoms with Crippen molar-refractivity contribution in [2.45, 2.75) is 25.0 Å². The fourth-order valence-electron chi connectivity index (χ4n) is 2.70. The summed E-state index contributed by atoms with van der Waals surface area (Å²) >= 11 is 6.28. The van der Waals surface area contributed by atoms with E-state index in [1.165, 1.54) is 11.1 Å². The van der Waals surface area contributed by atoms with Crippen LogP contribution in [-0.4, -0.2) is 13.1 Å². The van der Waals surface area contributed by atoms with Gasteiger partial charge in [-0.05, 0) is 31.0 Å². The minimum absolute atomic E-state index is 0.147. The standard InChI is InChI=1S/C12H14ClNO/c13-10-4-1-3-9-7-15-12(11(9)10)5-2-6-14-8-12/h1,3-4,14H,2,5-8H2. The molecule has 0 aliphatic carbocycles. The molecule has 3 heteroatoms. The van der Waals surface area contributed by atoms with Crippen LogP contribution in [0.25, 0.3) is 0 Å². The maximum absolute atomic E-state index is 6.28. The lowest BCUT2D eigenvalue weighted by Gasteiger charge is -2.34. The van der Waals surface area contributed by atoms with Gasteiger partial charge in [-0.25, -0.2) is 0 Å². The third-order valence-corrected chi connectivity index (χ3v) is 3.72. The Morgan fingerprint density at radius 1 is 1.40 bits per heavy atom. The molecule has 1 fully saturated rings. The zero-order chi connectivity index (χ0) is 10.3. The molecule has 2 aliphatic rings. The number of ether oxygens (including phenoxy) is 1. The zero-order valence-corrected chi connectivity index (χ0v) is 9.31. The fourth-order valence-corrected chi connectivity index (χ4v) is 3.07. The first-order chi connectivity index (χ1) is 7.32. The van der Waals surface area contributed by atoms with Crippen molar-refractivity contribution >= 4 is 11.6 Å². The fraction of sp³-hybridized carbons (Fsp3) is 0.500. The minimum Gasteiger partial charge on any atom is -0.364 e. The van der Waals surface area contributed by atoms with E-state index in [9.17, 15) is 0 Å². The summed E-state index contributed by atoms with van der Waals surface area (Å²) < 4.78 is 5.99. The van der Waals surface area contributed by atoms with Gasteiger partial charge in [-0.15, -0.1) is 0 Å². The molecule has 0 amide bonds. The molecule has 0 saturated carbocycles. The van der Waals surface area contributed by atoms with E-state index in [4.69, 9.17) is 16.3 Å². The van der Waals surface area contributed by atoms with E-state index >= 15 is 0 Å². The molecule has 2 nitrogen and oxygen atoms in total. The molecule has 1 spiro atoms. The number of halogens is 1. The van der Waals surface area contributed by atoms with Crippen LogP contribution in [0.5, 0.6) is 0 Å². The van der Waals surface area contributed by atoms with Gasteiger partial charge in [0.2, 0.25) is 0 Å². The van der Waals surface area contributed by atoms with Crippen molar-refractivity contribution in [1.29, 1.82) is 0 Å². The summed E-state index contributed by atoms with van der Waals surface area (Å²) in [6.45, 7) is 2.69. The van der Waals surface area contributed by atoms with Gasteiger partial charge in [0.1, 0.15) is 5.60 Å². The van der Waals surface area contributed by atoms with Crippen molar-refractivity contribution in [3.05, 3.63) is 34.3 Å². The van der Waals surface area contributed by atoms with Crippen LogP contribution >= 0.6 is 11.6 Å². The summed E-state index contributed by atoms with van der Waals surface area (Å²) in [5.41, 5.74) is 2.33. The molecule has 1 saturated heterocycles. The highest BCUT2D eigenvalue weighted by Gasteiger charge is 2.42. The summed E-state index contributed by atoms with van der Waals surface area (Å²) in [7, 11) is 0. The number of hydrogen-bond donors (Lipinski definition) is 1. The number of piperidine rings is 1. The summed E-state index contributed by atoms with van der Waals surface area (Å²) in [4.78, 5) is 0. The predicted molar refractivity (Wildman–Crippen MR) is 60.0 cm³/mol. The molecule has 1 N–H and O–H groups in total. The normalized spacial score (nSPS) is 29.4. The van der Waals surface area contributed by atoms with Crippen LogP contribution in [0.4, 0.5) is 0 Å². The van der Waals surface area contributed by atoms with Crippen LogP contribution in [0.1, 0.15) is 24.0 Å². The van der Waals surface area contributed by atoms with Crippen molar-refractivity contribution in [2.75, 3.05) is 13.1 Å². The van der Waals surface area contributed by atoms with E-state index in [2.05, 4.69) is 11.4 Å². The lowest BCUT2D eigenvalue weighted by atomic mass is 9.86. The van der Waals surface area contributed by atoms with Crippen molar-refractivity contribution in [2.24, 2.45) is 0 Å². The van der Waals surface area contributed by atoms with Gasteiger partial charge in [0.15, 0.2) is 0 Å². The van der Waals surface area contributed by atoms with Gasteiger partial charge >= 0.3 is 0 Å². The number of nitrogens with one attached hydrogen (secondary N) is 1. The van der Waals surface area contributed by atoms with Gasteiger partial charge in [-0.1, -0.05) is 23.7 Å². The summed E-state index contributed by atoms with van der Waals surface area (Å²) in [5, 5.41) is 4.26. The number of rotatable bonds is 0. The largest absolute Gasteiger partial charge is 0.364 e. The van der Waals surface area contributed by atoms with Gasteiger partial charge in [-0.3, -0.25) is 0 Å². The minimum atomic E-state index is -0.147. The van der Waals surface area contributed by atoms with Gasteiger partial charge in [-0.2, -0.15) is 0 Å². The highest BCUT2D eigenvalue weighted by atomic mass is 35.5. The molecule has 2 heterocycles. The molecular formula is C12H14ClNO. The quantitative estimate of drug-likeness (QED) is 0.730. The average molecular weight is 224 g/mol. The molecule has 3 rings (SSSR count). The molecule has 80 valence electrons. The number of fused-ring (bicyclic) bond motifs is 2. The number of hydrogen-bond acceptors (Lipinski definition) is 2. The lowest BCUT2D eigenvalue weighted by molar-refractivity contribution is -0.0535. The van der Waals surface area contributed by atoms with Gasteiger partial charge in [0, 0.05) is 17.1 Å². The van der Waals surface area contributed by atoms with Crippen LogP contribution in [-0.2, 0) is 16.9 Å². The second kappa shape index (κ2) is 3.48. The van der Waals surface area contributed by atoms with Crippen LogP contribution in [0.2, 0.25) is 5.02 Å². The smallest absolute Gasteiger partial charge is 0.108 e. The van der Waals surface area contributed by atoms with Crippen LogP contribution in [0.3, 0.4) is 0 Å². The third kappa shape index (κ3) is 1.40. The topological polar surface area (TPSA) is 21.3 Å². The Bertz CT molecular complexity index is 380. The highest BCUT2D eigenvalue weighted by molar-refractivity contribution is 6.31. The molecule has 2 aliphatic heterocycles. The molecule has 0 aromatic heterocycles. The Kier molecular flexibility index (Phi) is 2.23. The van der Waals surface area contributed by atoms with E-state index in [0.29, 0.717) is 6.61 Å². The average Bonchev–Trinajstić information content (AvgIpc) is 2.60. The Morgan fingerprint density at radius 3 is 3.13 bits per heavy atom. The highest BCUT2D eigenvalue weighted by Crippen LogP contribution is 2.44. The van der Waals surface area contributed by atoms with E-state index in [0.717, 1.165) is 31.0 Å². The lowest BCUT2D eigenvalue weighted by Crippen LogP contribution is -2.43. The Labute approximate surface area is 94.6 Å². The van der Waals surface area contributed by atoms with E-state index < -0.39 is 0 Å². The van der Waals surface area contributed by atoms with Crippen molar-refractivity contribution in [3.63, 3.8) is 0 Å². The third-order valence-electron chi connectivity index (χ3n) is 3.40. The van der Waals surface area contributed by atoms with E-state index in [1.807, 2.05) is 12.1 Å². The van der Waals surface area contributed by atoms with Crippen molar-refractivity contribution in [3.8, 4) is 0 Å². The second-order valence-corrected chi connectivity index (χ2v) is 4.74. The first kappa shape index (κ1) is 9.64. The maximum Gasteiger partial charge on any atom is 0.108 e. The molecule has 15 heavy (non-hydrogen) atoms. The molecule has 1 atom stereocenters. The summed E-state index contributed by atoms with van der Waals surface area (Å²) in [5.74, 6) is 0. The molecule has 1 aromatic carbocycles. The van der Waals surface area contributed by atoms with Crippen LogP contribution < -0.4 is 5.32 Å². The molecule has 0 radical (unpaired) electrons. The van der Waals surface area contributed by atoms with E-state index in [1.54, 1.807) is 0 Å². The van der Waals surface area contributed by atoms with Gasteiger partial charge < -0.3 is 10.1 Å². The Balaban J connectivity index is 2.09. The predicted octanol–water partition coefficient (Wildman–Crippen LogP) is 2.45. The number of benzene rings is 1. The van der Waals surface area contributed by atoms with E-state index in [-0.39, 0.29) is 5.60 Å².